The lowest BCUT2D eigenvalue weighted by Crippen LogP contribution is -2.06. The summed E-state index contributed by atoms with van der Waals surface area (Å²) in [4.78, 5) is 21.8. The number of carbonyl (C=O) groups excluding carboxylic acids is 2. The zero-order chi connectivity index (χ0) is 14.3. The highest BCUT2D eigenvalue weighted by Gasteiger charge is 2.30. The third-order valence-corrected chi connectivity index (χ3v) is 2.76. The lowest BCUT2D eigenvalue weighted by atomic mass is 10.0. The van der Waals surface area contributed by atoms with Gasteiger partial charge in [-0.2, -0.15) is 13.2 Å². The fourth-order valence-corrected chi connectivity index (χ4v) is 1.68. The summed E-state index contributed by atoms with van der Waals surface area (Å²) in [5, 5.41) is 0. The average Bonchev–Trinajstić information content (AvgIpc) is 2.37. The molecule has 0 saturated carbocycles. The molecule has 104 valence electrons. The second kappa shape index (κ2) is 7.07. The first-order chi connectivity index (χ1) is 8.95. The first-order valence-electron chi connectivity index (χ1n) is 6.09. The van der Waals surface area contributed by atoms with Crippen LogP contribution in [-0.2, 0) is 11.0 Å². The first-order valence-corrected chi connectivity index (χ1v) is 6.09. The second-order valence-electron chi connectivity index (χ2n) is 4.26. The van der Waals surface area contributed by atoms with Crippen molar-refractivity contribution in [2.45, 2.75) is 38.3 Å². The molecule has 1 aromatic rings. The summed E-state index contributed by atoms with van der Waals surface area (Å²) in [6.45, 7) is 0. The Kier molecular flexibility index (Phi) is 5.73. The minimum atomic E-state index is -4.38. The Morgan fingerprint density at radius 2 is 1.68 bits per heavy atom. The molecule has 0 aliphatic carbocycles. The van der Waals surface area contributed by atoms with Gasteiger partial charge in [-0.3, -0.25) is 4.79 Å². The average molecular weight is 272 g/mol. The zero-order valence-corrected chi connectivity index (χ0v) is 10.4. The Morgan fingerprint density at radius 1 is 1.05 bits per heavy atom. The first kappa shape index (κ1) is 15.4. The Labute approximate surface area is 109 Å². The number of hydrogen-bond acceptors (Lipinski definition) is 2. The van der Waals surface area contributed by atoms with Gasteiger partial charge in [-0.05, 0) is 25.0 Å². The predicted octanol–water partition coefficient (Wildman–Crippen LogP) is 4.04. The summed E-state index contributed by atoms with van der Waals surface area (Å²) in [7, 11) is 0. The number of ketones is 1. The number of rotatable bonds is 7. The molecule has 0 heterocycles. The van der Waals surface area contributed by atoms with Crippen molar-refractivity contribution >= 4 is 12.1 Å². The second-order valence-corrected chi connectivity index (χ2v) is 4.26. The number of unbranched alkanes of at least 4 members (excludes halogenated alkanes) is 3. The Balaban J connectivity index is 2.47. The van der Waals surface area contributed by atoms with Gasteiger partial charge in [0.15, 0.2) is 5.78 Å². The van der Waals surface area contributed by atoms with Crippen LogP contribution < -0.4 is 0 Å². The molecule has 5 heteroatoms. The monoisotopic (exact) mass is 272 g/mol. The maximum absolute atomic E-state index is 12.3. The molecule has 19 heavy (non-hydrogen) atoms. The maximum Gasteiger partial charge on any atom is 0.416 e. The molecule has 0 aliphatic heterocycles. The van der Waals surface area contributed by atoms with E-state index < -0.39 is 11.7 Å². The number of aldehydes is 1. The van der Waals surface area contributed by atoms with Crippen LogP contribution in [0, 0.1) is 0 Å². The van der Waals surface area contributed by atoms with Gasteiger partial charge in [-0.15, -0.1) is 0 Å². The topological polar surface area (TPSA) is 34.1 Å². The molecular weight excluding hydrogens is 257 g/mol. The van der Waals surface area contributed by atoms with E-state index in [0.717, 1.165) is 31.3 Å². The standard InChI is InChI=1S/C14H15F3O2/c15-14(16,17)12-8-6-11(7-9-12)13(19)5-3-1-2-4-10-18/h6-10H,1-5H2. The minimum absolute atomic E-state index is 0.167. The largest absolute Gasteiger partial charge is 0.416 e. The molecule has 2 nitrogen and oxygen atoms in total. The third-order valence-electron chi connectivity index (χ3n) is 2.76. The van der Waals surface area contributed by atoms with Crippen LogP contribution >= 0.6 is 0 Å². The van der Waals surface area contributed by atoms with Crippen molar-refractivity contribution in [3.05, 3.63) is 35.4 Å². The molecule has 0 atom stereocenters. The van der Waals surface area contributed by atoms with Gasteiger partial charge in [0, 0.05) is 18.4 Å². The summed E-state index contributed by atoms with van der Waals surface area (Å²) in [5.41, 5.74) is -0.460. The van der Waals surface area contributed by atoms with Crippen LogP contribution in [-0.4, -0.2) is 12.1 Å². The summed E-state index contributed by atoms with van der Waals surface area (Å²) < 4.78 is 37.0. The molecule has 0 radical (unpaired) electrons. The van der Waals surface area contributed by atoms with Crippen LogP contribution in [0.4, 0.5) is 13.2 Å². The summed E-state index contributed by atoms with van der Waals surface area (Å²) in [6, 6.07) is 4.24. The van der Waals surface area contributed by atoms with E-state index in [2.05, 4.69) is 0 Å². The zero-order valence-electron chi connectivity index (χ0n) is 10.4. The predicted molar refractivity (Wildman–Crippen MR) is 64.9 cm³/mol. The van der Waals surface area contributed by atoms with Crippen LogP contribution in [0.25, 0.3) is 0 Å². The van der Waals surface area contributed by atoms with Crippen molar-refractivity contribution in [3.63, 3.8) is 0 Å². The highest BCUT2D eigenvalue weighted by molar-refractivity contribution is 5.96. The van der Waals surface area contributed by atoms with Gasteiger partial charge in [0.05, 0.1) is 5.56 Å². The van der Waals surface area contributed by atoms with Crippen molar-refractivity contribution < 1.29 is 22.8 Å². The molecule has 0 aliphatic rings. The summed E-state index contributed by atoms with van der Waals surface area (Å²) >= 11 is 0. The molecule has 0 unspecified atom stereocenters. The van der Waals surface area contributed by atoms with Gasteiger partial charge in [0.2, 0.25) is 0 Å². The SMILES string of the molecule is O=CCCCCCC(=O)c1ccc(C(F)(F)F)cc1. The fraction of sp³-hybridized carbons (Fsp3) is 0.429. The molecule has 0 fully saturated rings. The van der Waals surface area contributed by atoms with Gasteiger partial charge in [-0.1, -0.05) is 18.6 Å². The van der Waals surface area contributed by atoms with Crippen LogP contribution in [0.3, 0.4) is 0 Å². The molecule has 1 aromatic carbocycles. The number of alkyl halides is 3. The van der Waals surface area contributed by atoms with E-state index in [9.17, 15) is 22.8 Å². The molecule has 1 rings (SSSR count). The molecular formula is C14H15F3O2. The van der Waals surface area contributed by atoms with Gasteiger partial charge >= 0.3 is 6.18 Å². The van der Waals surface area contributed by atoms with E-state index in [1.54, 1.807) is 0 Å². The van der Waals surface area contributed by atoms with E-state index >= 15 is 0 Å². The van der Waals surface area contributed by atoms with Crippen LogP contribution in [0.1, 0.15) is 48.0 Å². The number of Topliss-reactive ketones (excluding diaryl/α,β-unsaturated/α-hetero) is 1. The Hall–Kier alpha value is -1.65. The van der Waals surface area contributed by atoms with Crippen molar-refractivity contribution in [1.29, 1.82) is 0 Å². The minimum Gasteiger partial charge on any atom is -0.303 e. The fourth-order valence-electron chi connectivity index (χ4n) is 1.68. The van der Waals surface area contributed by atoms with Crippen molar-refractivity contribution in [3.8, 4) is 0 Å². The van der Waals surface area contributed by atoms with Gasteiger partial charge in [0.1, 0.15) is 6.29 Å². The van der Waals surface area contributed by atoms with Gasteiger partial charge in [0.25, 0.3) is 0 Å². The van der Waals surface area contributed by atoms with Crippen molar-refractivity contribution in [2.24, 2.45) is 0 Å². The van der Waals surface area contributed by atoms with Crippen LogP contribution in [0.15, 0.2) is 24.3 Å². The molecule has 0 N–H and O–H groups in total. The summed E-state index contributed by atoms with van der Waals surface area (Å²) in [6.07, 6.45) is -0.616. The molecule has 0 amide bonds. The number of halogens is 3. The maximum atomic E-state index is 12.3. The molecule has 0 bridgehead atoms. The summed E-state index contributed by atoms with van der Waals surface area (Å²) in [5.74, 6) is -0.167. The molecule has 0 saturated heterocycles. The Morgan fingerprint density at radius 3 is 2.21 bits per heavy atom. The number of benzene rings is 1. The van der Waals surface area contributed by atoms with E-state index in [1.807, 2.05) is 0 Å². The van der Waals surface area contributed by atoms with E-state index in [-0.39, 0.29) is 5.78 Å². The van der Waals surface area contributed by atoms with Crippen LogP contribution in [0.5, 0.6) is 0 Å². The quantitative estimate of drug-likeness (QED) is 0.426. The third kappa shape index (κ3) is 5.24. The lowest BCUT2D eigenvalue weighted by molar-refractivity contribution is -0.137. The van der Waals surface area contributed by atoms with E-state index in [0.29, 0.717) is 24.8 Å². The highest BCUT2D eigenvalue weighted by Crippen LogP contribution is 2.29. The molecule has 0 aromatic heterocycles. The number of hydrogen-bond donors (Lipinski definition) is 0. The smallest absolute Gasteiger partial charge is 0.303 e. The Bertz CT molecular complexity index is 421. The van der Waals surface area contributed by atoms with Gasteiger partial charge < -0.3 is 4.79 Å². The highest BCUT2D eigenvalue weighted by atomic mass is 19.4. The normalized spacial score (nSPS) is 11.3. The molecule has 0 spiro atoms. The van der Waals surface area contributed by atoms with Crippen molar-refractivity contribution in [1.82, 2.24) is 0 Å². The van der Waals surface area contributed by atoms with Crippen molar-refractivity contribution in [2.75, 3.05) is 0 Å². The lowest BCUT2D eigenvalue weighted by Gasteiger charge is -2.07. The van der Waals surface area contributed by atoms with Gasteiger partial charge in [-0.25, -0.2) is 0 Å². The number of carbonyl (C=O) groups is 2. The van der Waals surface area contributed by atoms with E-state index in [4.69, 9.17) is 0 Å². The van der Waals surface area contributed by atoms with E-state index in [1.165, 1.54) is 12.1 Å². The van der Waals surface area contributed by atoms with Crippen LogP contribution in [0.2, 0.25) is 0 Å².